The summed E-state index contributed by atoms with van der Waals surface area (Å²) in [6.45, 7) is 14.5. The molecule has 0 aliphatic heterocycles. The zero-order chi connectivity index (χ0) is 12.6. The summed E-state index contributed by atoms with van der Waals surface area (Å²) in [4.78, 5) is 0. The highest BCUT2D eigenvalue weighted by molar-refractivity contribution is 4.91. The zero-order valence-corrected chi connectivity index (χ0v) is 11.6. The van der Waals surface area contributed by atoms with Gasteiger partial charge in [-0.1, -0.05) is 33.8 Å². The molecule has 0 aromatic heterocycles. The number of hydrogen-bond acceptors (Lipinski definition) is 2. The van der Waals surface area contributed by atoms with E-state index in [9.17, 15) is 0 Å². The first-order valence-electron chi connectivity index (χ1n) is 6.51. The molecule has 0 bridgehead atoms. The summed E-state index contributed by atoms with van der Waals surface area (Å²) in [7, 11) is 0. The van der Waals surface area contributed by atoms with Crippen molar-refractivity contribution in [1.29, 1.82) is 0 Å². The van der Waals surface area contributed by atoms with Crippen LogP contribution in [0.3, 0.4) is 0 Å². The normalized spacial score (nSPS) is 12.4. The quantitative estimate of drug-likeness (QED) is 0.468. The van der Waals surface area contributed by atoms with Crippen LogP contribution in [0.5, 0.6) is 0 Å². The summed E-state index contributed by atoms with van der Waals surface area (Å²) in [5.41, 5.74) is 6.11. The van der Waals surface area contributed by atoms with E-state index >= 15 is 0 Å². The Morgan fingerprint density at radius 2 is 1.69 bits per heavy atom. The Kier molecular flexibility index (Phi) is 7.69. The van der Waals surface area contributed by atoms with Gasteiger partial charge >= 0.3 is 0 Å². The van der Waals surface area contributed by atoms with Crippen molar-refractivity contribution in [3.63, 3.8) is 0 Å². The number of nitrogens with one attached hydrogen (secondary N) is 1. The van der Waals surface area contributed by atoms with Crippen LogP contribution in [0, 0.1) is 11.8 Å². The molecule has 0 fully saturated rings. The number of rotatable bonds is 9. The van der Waals surface area contributed by atoms with Crippen LogP contribution in [0.4, 0.5) is 0 Å². The van der Waals surface area contributed by atoms with Crippen molar-refractivity contribution in [3.8, 4) is 0 Å². The minimum absolute atomic E-state index is 0.116. The Morgan fingerprint density at radius 3 is 2.00 bits per heavy atom. The molecule has 0 amide bonds. The Labute approximate surface area is 102 Å². The van der Waals surface area contributed by atoms with Crippen molar-refractivity contribution in [3.05, 3.63) is 12.7 Å². The van der Waals surface area contributed by atoms with E-state index in [-0.39, 0.29) is 5.54 Å². The number of nitrogens with two attached hydrogens (primary N) is 1. The van der Waals surface area contributed by atoms with E-state index in [1.54, 1.807) is 0 Å². The van der Waals surface area contributed by atoms with Gasteiger partial charge in [0, 0.05) is 12.1 Å². The van der Waals surface area contributed by atoms with Gasteiger partial charge in [-0.05, 0) is 37.6 Å². The molecule has 0 rings (SSSR count). The first-order chi connectivity index (χ1) is 7.45. The largest absolute Gasteiger partial charge is 0.329 e. The summed E-state index contributed by atoms with van der Waals surface area (Å²) < 4.78 is 0. The Balaban J connectivity index is 4.45. The van der Waals surface area contributed by atoms with Gasteiger partial charge in [0.15, 0.2) is 0 Å². The minimum Gasteiger partial charge on any atom is -0.329 e. The van der Waals surface area contributed by atoms with Crippen molar-refractivity contribution < 1.29 is 0 Å². The van der Waals surface area contributed by atoms with E-state index in [1.807, 2.05) is 6.08 Å². The predicted molar refractivity (Wildman–Crippen MR) is 73.5 cm³/mol. The van der Waals surface area contributed by atoms with Gasteiger partial charge in [0.25, 0.3) is 0 Å². The summed E-state index contributed by atoms with van der Waals surface area (Å²) in [6.07, 6.45) is 5.27. The standard InChI is InChI=1S/C14H30N2/c1-6-7-8-16-14(11-15,9-12(2)3)10-13(4)5/h6,12-13,16H,1,7-11,15H2,2-5H3. The fraction of sp³-hybridized carbons (Fsp3) is 0.857. The molecule has 0 saturated heterocycles. The molecular formula is C14H30N2. The summed E-state index contributed by atoms with van der Waals surface area (Å²) in [5.74, 6) is 1.36. The molecule has 0 radical (unpaired) electrons. The van der Waals surface area contributed by atoms with Crippen molar-refractivity contribution >= 4 is 0 Å². The Morgan fingerprint density at radius 1 is 1.19 bits per heavy atom. The highest BCUT2D eigenvalue weighted by atomic mass is 15.0. The summed E-state index contributed by atoms with van der Waals surface area (Å²) in [5, 5.41) is 3.65. The maximum atomic E-state index is 6.00. The first-order valence-corrected chi connectivity index (χ1v) is 6.51. The SMILES string of the molecule is C=CCCNC(CN)(CC(C)C)CC(C)C. The molecule has 0 aliphatic carbocycles. The van der Waals surface area contributed by atoms with Crippen LogP contribution in [0.2, 0.25) is 0 Å². The second-order valence-electron chi connectivity index (χ2n) is 5.68. The molecule has 96 valence electrons. The van der Waals surface area contributed by atoms with Gasteiger partial charge in [-0.3, -0.25) is 0 Å². The van der Waals surface area contributed by atoms with Crippen molar-refractivity contribution in [2.24, 2.45) is 17.6 Å². The fourth-order valence-electron chi connectivity index (χ4n) is 2.47. The monoisotopic (exact) mass is 226 g/mol. The third-order valence-electron chi connectivity index (χ3n) is 2.84. The highest BCUT2D eigenvalue weighted by Crippen LogP contribution is 2.24. The van der Waals surface area contributed by atoms with Crippen LogP contribution in [-0.2, 0) is 0 Å². The maximum absolute atomic E-state index is 6.00. The zero-order valence-electron chi connectivity index (χ0n) is 11.6. The molecule has 2 heteroatoms. The van der Waals surface area contributed by atoms with E-state index in [4.69, 9.17) is 5.73 Å². The maximum Gasteiger partial charge on any atom is 0.0309 e. The average molecular weight is 226 g/mol. The number of hydrogen-bond donors (Lipinski definition) is 2. The second kappa shape index (κ2) is 7.86. The lowest BCUT2D eigenvalue weighted by Crippen LogP contribution is -2.53. The molecule has 0 spiro atoms. The first kappa shape index (κ1) is 15.7. The van der Waals surface area contributed by atoms with E-state index in [1.165, 1.54) is 0 Å². The van der Waals surface area contributed by atoms with Crippen LogP contribution < -0.4 is 11.1 Å². The molecule has 0 aromatic carbocycles. The fourth-order valence-corrected chi connectivity index (χ4v) is 2.47. The molecule has 0 atom stereocenters. The minimum atomic E-state index is 0.116. The molecule has 0 aliphatic rings. The van der Waals surface area contributed by atoms with Gasteiger partial charge in [0.1, 0.15) is 0 Å². The highest BCUT2D eigenvalue weighted by Gasteiger charge is 2.29. The third kappa shape index (κ3) is 6.29. The van der Waals surface area contributed by atoms with Gasteiger partial charge in [-0.2, -0.15) is 0 Å². The molecule has 0 saturated carbocycles. The third-order valence-corrected chi connectivity index (χ3v) is 2.84. The van der Waals surface area contributed by atoms with E-state index in [0.717, 1.165) is 32.4 Å². The van der Waals surface area contributed by atoms with E-state index in [2.05, 4.69) is 39.6 Å². The van der Waals surface area contributed by atoms with E-state index < -0.39 is 0 Å². The summed E-state index contributed by atoms with van der Waals surface area (Å²) in [6, 6.07) is 0. The van der Waals surface area contributed by atoms with Gasteiger partial charge in [0.05, 0.1) is 0 Å². The molecule has 0 heterocycles. The van der Waals surface area contributed by atoms with Crippen LogP contribution in [-0.4, -0.2) is 18.6 Å². The molecule has 3 N–H and O–H groups in total. The molecule has 0 unspecified atom stereocenters. The smallest absolute Gasteiger partial charge is 0.0309 e. The van der Waals surface area contributed by atoms with Crippen LogP contribution in [0.25, 0.3) is 0 Å². The topological polar surface area (TPSA) is 38.0 Å². The average Bonchev–Trinajstić information content (AvgIpc) is 2.16. The van der Waals surface area contributed by atoms with Gasteiger partial charge in [0.2, 0.25) is 0 Å². The van der Waals surface area contributed by atoms with Crippen molar-refractivity contribution in [1.82, 2.24) is 5.32 Å². The van der Waals surface area contributed by atoms with Gasteiger partial charge in [-0.25, -0.2) is 0 Å². The lowest BCUT2D eigenvalue weighted by atomic mass is 9.81. The molecule has 2 nitrogen and oxygen atoms in total. The lowest BCUT2D eigenvalue weighted by molar-refractivity contribution is 0.231. The lowest BCUT2D eigenvalue weighted by Gasteiger charge is -2.37. The van der Waals surface area contributed by atoms with Crippen molar-refractivity contribution in [2.45, 2.75) is 52.5 Å². The van der Waals surface area contributed by atoms with Gasteiger partial charge < -0.3 is 11.1 Å². The molecular weight excluding hydrogens is 196 g/mol. The second-order valence-corrected chi connectivity index (χ2v) is 5.68. The van der Waals surface area contributed by atoms with E-state index in [0.29, 0.717) is 11.8 Å². The Hall–Kier alpha value is -0.340. The van der Waals surface area contributed by atoms with Crippen LogP contribution in [0.1, 0.15) is 47.0 Å². The van der Waals surface area contributed by atoms with Crippen LogP contribution in [0.15, 0.2) is 12.7 Å². The predicted octanol–water partition coefficient (Wildman–Crippen LogP) is 2.94. The van der Waals surface area contributed by atoms with Gasteiger partial charge in [-0.15, -0.1) is 6.58 Å². The van der Waals surface area contributed by atoms with Crippen LogP contribution >= 0.6 is 0 Å². The molecule has 0 aromatic rings. The Bertz CT molecular complexity index is 175. The summed E-state index contributed by atoms with van der Waals surface area (Å²) >= 11 is 0. The van der Waals surface area contributed by atoms with Crippen molar-refractivity contribution in [2.75, 3.05) is 13.1 Å². The molecule has 16 heavy (non-hydrogen) atoms.